The van der Waals surface area contributed by atoms with Gasteiger partial charge in [0.1, 0.15) is 9.79 Å². The van der Waals surface area contributed by atoms with Crippen LogP contribution in [-0.4, -0.2) is 170 Å². The van der Waals surface area contributed by atoms with Crippen LogP contribution < -0.4 is 0 Å². The van der Waals surface area contributed by atoms with Crippen molar-refractivity contribution in [1.29, 1.82) is 0 Å². The summed E-state index contributed by atoms with van der Waals surface area (Å²) >= 11 is 0. The summed E-state index contributed by atoms with van der Waals surface area (Å²) in [6.45, 7) is 0. The van der Waals surface area contributed by atoms with Crippen molar-refractivity contribution in [2.45, 2.75) is 19.6 Å². The summed E-state index contributed by atoms with van der Waals surface area (Å²) in [5.41, 5.74) is -1.30. The first kappa shape index (κ1) is 38.6. The Hall–Kier alpha value is 2.08. The van der Waals surface area contributed by atoms with Crippen LogP contribution >= 0.6 is 0 Å². The van der Waals surface area contributed by atoms with E-state index in [4.69, 9.17) is 9.11 Å². The summed E-state index contributed by atoms with van der Waals surface area (Å²) in [5, 5.41) is 0. The zero-order chi connectivity index (χ0) is 21.7. The second kappa shape index (κ2) is 13.6. The molecule has 0 atom stereocenters. The van der Waals surface area contributed by atoms with Crippen molar-refractivity contribution in [3.8, 4) is 11.1 Å². The van der Waals surface area contributed by atoms with Gasteiger partial charge in [0.15, 0.2) is 0 Å². The summed E-state index contributed by atoms with van der Waals surface area (Å²) in [7, 11) is -20.2. The molecule has 12 nitrogen and oxygen atoms in total. The Morgan fingerprint density at radius 1 is 0.438 bits per heavy atom. The maximum absolute atomic E-state index is 11.6. The van der Waals surface area contributed by atoms with Crippen LogP contribution in [0.15, 0.2) is 56.0 Å². The fraction of sp³-hybridized carbons (Fsp3) is 0. The van der Waals surface area contributed by atoms with Gasteiger partial charge in [-0.2, -0.15) is 33.7 Å². The molecule has 0 heterocycles. The minimum atomic E-state index is -5.18. The Labute approximate surface area is 273 Å². The van der Waals surface area contributed by atoms with E-state index in [-0.39, 0.29) is 118 Å². The van der Waals surface area contributed by atoms with Crippen LogP contribution in [0.1, 0.15) is 0 Å². The van der Waals surface area contributed by atoms with E-state index in [1.54, 1.807) is 0 Å². The van der Waals surface area contributed by atoms with Gasteiger partial charge in [0.2, 0.25) is 0 Å². The predicted octanol–water partition coefficient (Wildman–Crippen LogP) is -2.25. The van der Waals surface area contributed by atoms with Crippen molar-refractivity contribution in [2.24, 2.45) is 0 Å². The van der Waals surface area contributed by atoms with Gasteiger partial charge < -0.3 is 0 Å². The normalized spacial score (nSPS) is 11.8. The molecule has 0 saturated heterocycles. The van der Waals surface area contributed by atoms with Crippen molar-refractivity contribution >= 4 is 159 Å². The van der Waals surface area contributed by atoms with E-state index in [1.165, 1.54) is 0 Å². The van der Waals surface area contributed by atoms with E-state index < -0.39 is 71.2 Å². The topological polar surface area (TPSA) is 217 Å². The molecule has 0 fully saturated rings. The van der Waals surface area contributed by atoms with Crippen molar-refractivity contribution in [2.75, 3.05) is 0 Å². The van der Waals surface area contributed by atoms with Crippen molar-refractivity contribution in [3.63, 3.8) is 0 Å². The minimum absolute atomic E-state index is 0. The summed E-state index contributed by atoms with van der Waals surface area (Å²) < 4.78 is 128. The number of rotatable bonds is 5. The Morgan fingerprint density at radius 3 is 0.875 bits per heavy atom. The predicted molar refractivity (Wildman–Crippen MR) is 120 cm³/mol. The van der Waals surface area contributed by atoms with Crippen LogP contribution in [-0.2, 0) is 40.5 Å². The molecule has 0 amide bonds. The fourth-order valence-corrected chi connectivity index (χ4v) is 4.82. The zero-order valence-corrected chi connectivity index (χ0v) is 16.4. The molecule has 0 aliphatic heterocycles. The van der Waals surface area contributed by atoms with Gasteiger partial charge in [-0.3, -0.25) is 18.2 Å². The van der Waals surface area contributed by atoms with E-state index >= 15 is 0 Å². The molecule has 0 aliphatic rings. The van der Waals surface area contributed by atoms with E-state index in [9.17, 15) is 42.8 Å². The van der Waals surface area contributed by atoms with Crippen LogP contribution in [0.4, 0.5) is 0 Å². The second-order valence-electron chi connectivity index (χ2n) is 5.22. The van der Waals surface area contributed by atoms with Crippen molar-refractivity contribution in [3.05, 3.63) is 36.4 Å². The molecular formula is C12H14Na4O12S4. The summed E-state index contributed by atoms with van der Waals surface area (Å²) in [6, 6.07) is 3.38. The molecule has 0 aromatic heterocycles. The van der Waals surface area contributed by atoms with Gasteiger partial charge in [-0.25, -0.2) is 0 Å². The molecule has 2 aromatic rings. The van der Waals surface area contributed by atoms with Crippen molar-refractivity contribution < 1.29 is 51.9 Å². The van der Waals surface area contributed by atoms with Gasteiger partial charge in [0.25, 0.3) is 40.5 Å². The molecule has 2 rings (SSSR count). The van der Waals surface area contributed by atoms with Gasteiger partial charge in [-0.15, -0.1) is 0 Å². The average Bonchev–Trinajstić information content (AvgIpc) is 2.50. The van der Waals surface area contributed by atoms with Crippen LogP contribution in [0, 0.1) is 0 Å². The molecule has 0 spiro atoms. The van der Waals surface area contributed by atoms with Gasteiger partial charge in [0.05, 0.1) is 9.79 Å². The van der Waals surface area contributed by atoms with Gasteiger partial charge in [0, 0.05) is 11.1 Å². The molecule has 2 aromatic carbocycles. The Kier molecular flexibility index (Phi) is 16.4. The van der Waals surface area contributed by atoms with Gasteiger partial charge in [-0.05, 0) is 24.3 Å². The molecular weight excluding hydrogens is 556 g/mol. The third-order valence-electron chi connectivity index (χ3n) is 3.35. The summed E-state index contributed by atoms with van der Waals surface area (Å²) in [4.78, 5) is -4.22. The van der Waals surface area contributed by atoms with E-state index in [1.807, 2.05) is 0 Å². The number of benzene rings is 2. The molecule has 0 bridgehead atoms. The number of hydrogen-bond acceptors (Lipinski definition) is 8. The van der Waals surface area contributed by atoms with E-state index in [0.29, 0.717) is 36.4 Å². The molecule has 0 radical (unpaired) electrons. The first-order valence-corrected chi connectivity index (χ1v) is 12.4. The van der Waals surface area contributed by atoms with E-state index in [2.05, 4.69) is 0 Å². The quantitative estimate of drug-likeness (QED) is 0.221. The van der Waals surface area contributed by atoms with Crippen LogP contribution in [0.3, 0.4) is 0 Å². The number of hydrogen-bond donors (Lipinski definition) is 4. The molecule has 20 heteroatoms. The molecule has 32 heavy (non-hydrogen) atoms. The first-order chi connectivity index (χ1) is 12.4. The van der Waals surface area contributed by atoms with Gasteiger partial charge in [-0.1, -0.05) is 12.1 Å². The first-order valence-electron chi connectivity index (χ1n) is 6.61. The molecule has 0 saturated carbocycles. The van der Waals surface area contributed by atoms with Crippen LogP contribution in [0.25, 0.3) is 11.1 Å². The Balaban J connectivity index is -0.00000210. The van der Waals surface area contributed by atoms with E-state index in [0.717, 1.165) is 0 Å². The van der Waals surface area contributed by atoms with Crippen LogP contribution in [0.2, 0.25) is 0 Å². The second-order valence-corrected chi connectivity index (χ2v) is 10.8. The zero-order valence-electron chi connectivity index (χ0n) is 13.2. The Morgan fingerprint density at radius 2 is 0.688 bits per heavy atom. The summed E-state index contributed by atoms with van der Waals surface area (Å²) in [6.07, 6.45) is 0. The fourth-order valence-electron chi connectivity index (χ4n) is 2.20. The standard InChI is InChI=1S/C12H10O12S4.4Na.4H/c13-25(14,15)7-1-3-9(11(5-7)27(19,20)21)10-4-2-8(26(16,17)18)6-12(10)28(22,23)24;;;;;;;;/h1-6H,(H,13,14,15)(H,16,17,18)(H,19,20,21)(H,22,23,24);;;;;;;;. The molecule has 162 valence electrons. The molecule has 0 aliphatic carbocycles. The maximum atomic E-state index is 11.6. The molecule has 0 unspecified atom stereocenters. The SMILES string of the molecule is O=S(=O)(O)c1ccc(-c2ccc(S(=O)(=O)O)cc2S(=O)(=O)O)c(S(=O)(=O)O)c1.[NaH].[NaH].[NaH].[NaH]. The van der Waals surface area contributed by atoms with Crippen molar-refractivity contribution in [1.82, 2.24) is 0 Å². The monoisotopic (exact) mass is 570 g/mol. The van der Waals surface area contributed by atoms with Gasteiger partial charge >= 0.3 is 118 Å². The third-order valence-corrected chi connectivity index (χ3v) is 6.83. The molecule has 4 N–H and O–H groups in total. The summed E-state index contributed by atoms with van der Waals surface area (Å²) in [5.74, 6) is 0. The van der Waals surface area contributed by atoms with Crippen LogP contribution in [0.5, 0.6) is 0 Å². The third kappa shape index (κ3) is 9.85. The Bertz CT molecular complexity index is 1290. The average molecular weight is 570 g/mol.